The van der Waals surface area contributed by atoms with Gasteiger partial charge in [-0.15, -0.1) is 0 Å². The number of H-pyrrole nitrogens is 1. The van der Waals surface area contributed by atoms with Crippen LogP contribution in [0.15, 0.2) is 42.5 Å². The number of aliphatic hydroxyl groups excluding tert-OH is 1. The highest BCUT2D eigenvalue weighted by Crippen LogP contribution is 2.28. The molecule has 3 aromatic rings. The van der Waals surface area contributed by atoms with Crippen LogP contribution < -0.4 is 0 Å². The van der Waals surface area contributed by atoms with Gasteiger partial charge in [-0.25, -0.2) is 4.79 Å². The van der Waals surface area contributed by atoms with E-state index in [-0.39, 0.29) is 31.6 Å². The Hall–Kier alpha value is -3.45. The summed E-state index contributed by atoms with van der Waals surface area (Å²) >= 11 is 0. The van der Waals surface area contributed by atoms with Gasteiger partial charge < -0.3 is 14.8 Å². The first-order valence-electron chi connectivity index (χ1n) is 9.91. The summed E-state index contributed by atoms with van der Waals surface area (Å²) in [7, 11) is 0. The van der Waals surface area contributed by atoms with Gasteiger partial charge in [0.2, 0.25) is 0 Å². The summed E-state index contributed by atoms with van der Waals surface area (Å²) in [6.45, 7) is 2.14. The molecule has 4 rings (SSSR count). The topological polar surface area (TPSA) is 99.7 Å². The highest BCUT2D eigenvalue weighted by Gasteiger charge is 2.35. The van der Waals surface area contributed by atoms with E-state index in [1.54, 1.807) is 31.2 Å². The lowest BCUT2D eigenvalue weighted by Gasteiger charge is -2.14. The first-order chi connectivity index (χ1) is 14.5. The second kappa shape index (κ2) is 8.12. The molecule has 1 aliphatic rings. The van der Waals surface area contributed by atoms with Crippen molar-refractivity contribution in [3.8, 4) is 0 Å². The third-order valence-electron chi connectivity index (χ3n) is 5.31. The summed E-state index contributed by atoms with van der Waals surface area (Å²) in [5, 5.41) is 10.1. The maximum Gasteiger partial charge on any atom is 0.355 e. The zero-order valence-electron chi connectivity index (χ0n) is 16.6. The fourth-order valence-electron chi connectivity index (χ4n) is 3.88. The molecular formula is C23H22N2O5. The molecule has 154 valence electrons. The van der Waals surface area contributed by atoms with Gasteiger partial charge in [0, 0.05) is 24.1 Å². The van der Waals surface area contributed by atoms with E-state index in [0.29, 0.717) is 35.2 Å². The van der Waals surface area contributed by atoms with Crippen molar-refractivity contribution in [3.63, 3.8) is 0 Å². The van der Waals surface area contributed by atoms with E-state index < -0.39 is 5.97 Å². The van der Waals surface area contributed by atoms with Crippen LogP contribution >= 0.6 is 0 Å². The van der Waals surface area contributed by atoms with Crippen molar-refractivity contribution in [1.82, 2.24) is 9.88 Å². The SMILES string of the molecule is CCOC(=O)c1[nH]c2ccc(CCO)cc2c1CCN1C(=O)c2ccccc2C1=O. The summed E-state index contributed by atoms with van der Waals surface area (Å²) in [5.41, 5.74) is 3.51. The van der Waals surface area contributed by atoms with Gasteiger partial charge in [-0.3, -0.25) is 14.5 Å². The number of benzene rings is 2. The molecule has 0 atom stereocenters. The van der Waals surface area contributed by atoms with Gasteiger partial charge in [-0.1, -0.05) is 18.2 Å². The Morgan fingerprint density at radius 2 is 1.77 bits per heavy atom. The van der Waals surface area contributed by atoms with Gasteiger partial charge in [-0.05, 0) is 55.2 Å². The average Bonchev–Trinajstić information content (AvgIpc) is 3.23. The van der Waals surface area contributed by atoms with Crippen molar-refractivity contribution < 1.29 is 24.2 Å². The lowest BCUT2D eigenvalue weighted by molar-refractivity contribution is 0.0519. The number of imide groups is 1. The van der Waals surface area contributed by atoms with Crippen LogP contribution in [-0.2, 0) is 17.6 Å². The number of aliphatic hydroxyl groups is 1. The van der Waals surface area contributed by atoms with E-state index in [1.807, 2.05) is 18.2 Å². The normalized spacial score (nSPS) is 13.2. The molecule has 0 saturated carbocycles. The van der Waals surface area contributed by atoms with Gasteiger partial charge in [0.25, 0.3) is 11.8 Å². The highest BCUT2D eigenvalue weighted by molar-refractivity contribution is 6.21. The Balaban J connectivity index is 1.68. The Kier molecular flexibility index (Phi) is 5.37. The number of carbonyl (C=O) groups excluding carboxylic acids is 3. The van der Waals surface area contributed by atoms with Crippen LogP contribution in [0.2, 0.25) is 0 Å². The minimum Gasteiger partial charge on any atom is -0.461 e. The lowest BCUT2D eigenvalue weighted by Crippen LogP contribution is -2.32. The van der Waals surface area contributed by atoms with E-state index in [1.165, 1.54) is 4.90 Å². The van der Waals surface area contributed by atoms with Gasteiger partial charge in [0.15, 0.2) is 0 Å². The van der Waals surface area contributed by atoms with Crippen LogP contribution in [0.4, 0.5) is 0 Å². The number of aromatic amines is 1. The number of nitrogens with zero attached hydrogens (tertiary/aromatic N) is 1. The molecule has 0 aliphatic carbocycles. The van der Waals surface area contributed by atoms with Crippen molar-refractivity contribution in [2.45, 2.75) is 19.8 Å². The maximum atomic E-state index is 12.7. The summed E-state index contributed by atoms with van der Waals surface area (Å²) in [6.07, 6.45) is 0.801. The van der Waals surface area contributed by atoms with Crippen LogP contribution in [0.25, 0.3) is 10.9 Å². The molecule has 7 nitrogen and oxygen atoms in total. The Morgan fingerprint density at radius 3 is 2.40 bits per heavy atom. The highest BCUT2D eigenvalue weighted by atomic mass is 16.5. The van der Waals surface area contributed by atoms with Crippen molar-refractivity contribution in [2.75, 3.05) is 19.8 Å². The number of ether oxygens (including phenoxy) is 1. The van der Waals surface area contributed by atoms with Crippen molar-refractivity contribution in [2.24, 2.45) is 0 Å². The van der Waals surface area contributed by atoms with Crippen molar-refractivity contribution in [1.29, 1.82) is 0 Å². The Labute approximate surface area is 173 Å². The van der Waals surface area contributed by atoms with Crippen LogP contribution in [0.1, 0.15) is 49.3 Å². The molecule has 1 aromatic heterocycles. The fraction of sp³-hybridized carbons (Fsp3) is 0.261. The Bertz CT molecular complexity index is 1110. The van der Waals surface area contributed by atoms with E-state index >= 15 is 0 Å². The van der Waals surface area contributed by atoms with Crippen LogP contribution in [-0.4, -0.2) is 52.5 Å². The molecule has 0 bridgehead atoms. The van der Waals surface area contributed by atoms with Crippen molar-refractivity contribution in [3.05, 3.63) is 70.4 Å². The smallest absolute Gasteiger partial charge is 0.355 e. The third-order valence-corrected chi connectivity index (χ3v) is 5.31. The molecule has 2 aromatic carbocycles. The number of amides is 2. The first-order valence-corrected chi connectivity index (χ1v) is 9.91. The molecular weight excluding hydrogens is 384 g/mol. The number of rotatable bonds is 7. The van der Waals surface area contributed by atoms with E-state index in [4.69, 9.17) is 4.74 Å². The summed E-state index contributed by atoms with van der Waals surface area (Å²) in [6, 6.07) is 12.4. The summed E-state index contributed by atoms with van der Waals surface area (Å²) in [5.74, 6) is -1.13. The molecule has 0 spiro atoms. The molecule has 1 aliphatic heterocycles. The second-order valence-corrected chi connectivity index (χ2v) is 7.11. The zero-order chi connectivity index (χ0) is 21.3. The number of hydrogen-bond donors (Lipinski definition) is 2. The Morgan fingerprint density at radius 1 is 1.07 bits per heavy atom. The number of esters is 1. The number of nitrogens with one attached hydrogen (secondary N) is 1. The maximum absolute atomic E-state index is 12.7. The number of aromatic nitrogens is 1. The lowest BCUT2D eigenvalue weighted by atomic mass is 10.0. The minimum absolute atomic E-state index is 0.0189. The van der Waals surface area contributed by atoms with Gasteiger partial charge >= 0.3 is 5.97 Å². The van der Waals surface area contributed by atoms with E-state index in [2.05, 4.69) is 4.98 Å². The fourth-order valence-corrected chi connectivity index (χ4v) is 3.88. The largest absolute Gasteiger partial charge is 0.461 e. The van der Waals surface area contributed by atoms with Gasteiger partial charge in [0.1, 0.15) is 5.69 Å². The predicted octanol–water partition coefficient (Wildman–Crippen LogP) is 2.72. The predicted molar refractivity (Wildman–Crippen MR) is 111 cm³/mol. The van der Waals surface area contributed by atoms with E-state index in [0.717, 1.165) is 16.5 Å². The molecule has 2 heterocycles. The van der Waals surface area contributed by atoms with Gasteiger partial charge in [-0.2, -0.15) is 0 Å². The van der Waals surface area contributed by atoms with Crippen LogP contribution in [0.3, 0.4) is 0 Å². The quantitative estimate of drug-likeness (QED) is 0.464. The molecule has 0 fully saturated rings. The molecule has 0 saturated heterocycles. The average molecular weight is 406 g/mol. The van der Waals surface area contributed by atoms with Gasteiger partial charge in [0.05, 0.1) is 17.7 Å². The number of hydrogen-bond acceptors (Lipinski definition) is 5. The van der Waals surface area contributed by atoms with Crippen molar-refractivity contribution >= 4 is 28.7 Å². The van der Waals surface area contributed by atoms with E-state index in [9.17, 15) is 19.5 Å². The monoisotopic (exact) mass is 406 g/mol. The summed E-state index contributed by atoms with van der Waals surface area (Å²) in [4.78, 5) is 42.2. The molecule has 2 amide bonds. The standard InChI is InChI=1S/C23H22N2O5/c1-2-30-23(29)20-15(18-13-14(10-12-26)7-8-19(18)24-20)9-11-25-21(27)16-5-3-4-6-17(16)22(25)28/h3-8,13,24,26H,2,9-12H2,1H3. The summed E-state index contributed by atoms with van der Waals surface area (Å²) < 4.78 is 5.18. The molecule has 0 radical (unpaired) electrons. The minimum atomic E-state index is -0.477. The molecule has 7 heteroatoms. The second-order valence-electron chi connectivity index (χ2n) is 7.11. The van der Waals surface area contributed by atoms with Crippen LogP contribution in [0.5, 0.6) is 0 Å². The first kappa shape index (κ1) is 19.8. The number of fused-ring (bicyclic) bond motifs is 2. The zero-order valence-corrected chi connectivity index (χ0v) is 16.6. The number of carbonyl (C=O) groups is 3. The molecule has 0 unspecified atom stereocenters. The molecule has 2 N–H and O–H groups in total. The van der Waals surface area contributed by atoms with Crippen LogP contribution in [0, 0.1) is 0 Å². The third kappa shape index (κ3) is 3.37. The molecule has 30 heavy (non-hydrogen) atoms.